The summed E-state index contributed by atoms with van der Waals surface area (Å²) in [6.45, 7) is 0. The van der Waals surface area contributed by atoms with E-state index >= 15 is 0 Å². The van der Waals surface area contributed by atoms with Gasteiger partial charge >= 0.3 is 0 Å². The lowest BCUT2D eigenvalue weighted by molar-refractivity contribution is 0.297. The maximum absolute atomic E-state index is 2.51. The summed E-state index contributed by atoms with van der Waals surface area (Å²) in [5.41, 5.74) is 16.3. The number of para-hydroxylation sites is 1. The van der Waals surface area contributed by atoms with E-state index in [0.717, 1.165) is 29.9 Å². The van der Waals surface area contributed by atoms with E-state index in [1.54, 1.807) is 0 Å². The van der Waals surface area contributed by atoms with Crippen LogP contribution in [-0.4, -0.2) is 0 Å². The second-order valence-corrected chi connectivity index (χ2v) is 17.1. The predicted molar refractivity (Wildman–Crippen MR) is 255 cm³/mol. The van der Waals surface area contributed by atoms with Gasteiger partial charge in [-0.05, 0) is 128 Å². The third-order valence-corrected chi connectivity index (χ3v) is 14.2. The summed E-state index contributed by atoms with van der Waals surface area (Å²) in [6, 6.07) is 72.7. The number of hydrogen-bond donors (Lipinski definition) is 0. The van der Waals surface area contributed by atoms with E-state index in [9.17, 15) is 0 Å². The van der Waals surface area contributed by atoms with Gasteiger partial charge in [0.2, 0.25) is 0 Å². The summed E-state index contributed by atoms with van der Waals surface area (Å²) in [7, 11) is 0. The number of allylic oxidation sites excluding steroid dienone is 8. The minimum atomic E-state index is -0.542. The molecule has 4 aliphatic carbocycles. The van der Waals surface area contributed by atoms with Crippen LogP contribution in [0.4, 0.5) is 17.1 Å². The first-order valence-electron chi connectivity index (χ1n) is 21.8. The Labute approximate surface area is 359 Å². The van der Waals surface area contributed by atoms with Crippen molar-refractivity contribution in [3.8, 4) is 11.1 Å². The van der Waals surface area contributed by atoms with Crippen LogP contribution < -0.4 is 4.90 Å². The Hall–Kier alpha value is -7.22. The first-order chi connectivity index (χ1) is 30.3. The first-order valence-corrected chi connectivity index (χ1v) is 21.8. The molecule has 4 atom stereocenters. The Kier molecular flexibility index (Phi) is 8.32. The van der Waals surface area contributed by atoms with Gasteiger partial charge in [-0.3, -0.25) is 0 Å². The Bertz CT molecular complexity index is 3080. The summed E-state index contributed by atoms with van der Waals surface area (Å²) in [4.78, 5) is 2.39. The molecule has 0 saturated heterocycles. The van der Waals surface area contributed by atoms with Crippen LogP contribution in [0.25, 0.3) is 27.5 Å². The van der Waals surface area contributed by atoms with Crippen molar-refractivity contribution in [1.82, 2.24) is 0 Å². The van der Waals surface area contributed by atoms with Crippen LogP contribution in [0.3, 0.4) is 0 Å². The average molecular weight is 780 g/mol. The predicted octanol–water partition coefficient (Wildman–Crippen LogP) is 15.1. The largest absolute Gasteiger partial charge is 0.311 e. The lowest BCUT2D eigenvalue weighted by atomic mass is 9.48. The van der Waals surface area contributed by atoms with Crippen molar-refractivity contribution < 1.29 is 0 Å². The number of benzene rings is 8. The summed E-state index contributed by atoms with van der Waals surface area (Å²) in [5.74, 6) is 0.698. The van der Waals surface area contributed by atoms with Crippen molar-refractivity contribution in [2.45, 2.75) is 23.7 Å². The molecule has 8 aromatic carbocycles. The van der Waals surface area contributed by atoms with E-state index in [0.29, 0.717) is 11.8 Å². The standard InChI is InChI=1S/C60H45N/c1-4-19-46(20-5-1)59(55-28-14-15-29-56(55)60(47-21-6-2-7-22-47)54-27-13-12-25-52(54)53-26-16-30-57(59)58(53)60)48-35-39-51(40-36-48)61(49-23-8-3-9-24-49)50-37-33-43(34-38-50)45-32-31-42-17-10-11-18-44(42)41-45/h1-21,23-26,28-41,47,54H,22,27H2. The average Bonchev–Trinajstić information content (AvgIpc) is 3.65. The van der Waals surface area contributed by atoms with E-state index in [4.69, 9.17) is 0 Å². The van der Waals surface area contributed by atoms with Crippen LogP contribution in [0.5, 0.6) is 0 Å². The lowest BCUT2D eigenvalue weighted by Gasteiger charge is -2.53. The molecular weight excluding hydrogens is 735 g/mol. The van der Waals surface area contributed by atoms with Gasteiger partial charge in [0.15, 0.2) is 0 Å². The van der Waals surface area contributed by atoms with Gasteiger partial charge < -0.3 is 4.90 Å². The SMILES string of the molecule is C1=CCC(C23c4ccccc4C(c4ccccc4)(c4ccc(N(c5ccccc5)c5ccc(-c6ccc7ccccc7c6)cc5)cc4)c4cccc(c42)C2=CC=CCC23)C=C1. The fourth-order valence-electron chi connectivity index (χ4n) is 11.8. The van der Waals surface area contributed by atoms with Gasteiger partial charge in [0, 0.05) is 28.4 Å². The van der Waals surface area contributed by atoms with Gasteiger partial charge in [-0.25, -0.2) is 0 Å². The number of anilines is 3. The first kappa shape index (κ1) is 35.7. The van der Waals surface area contributed by atoms with Crippen LogP contribution in [0.2, 0.25) is 0 Å². The molecule has 1 heteroatoms. The number of rotatable bonds is 7. The topological polar surface area (TPSA) is 3.24 Å². The summed E-state index contributed by atoms with van der Waals surface area (Å²) < 4.78 is 0. The van der Waals surface area contributed by atoms with Crippen molar-refractivity contribution in [3.63, 3.8) is 0 Å². The second-order valence-electron chi connectivity index (χ2n) is 17.1. The van der Waals surface area contributed by atoms with Crippen molar-refractivity contribution in [3.05, 3.63) is 276 Å². The minimum absolute atomic E-state index is 0.193. The fraction of sp³-hybridized carbons (Fsp3) is 0.100. The van der Waals surface area contributed by atoms with Crippen LogP contribution in [0, 0.1) is 11.8 Å². The van der Waals surface area contributed by atoms with E-state index in [2.05, 4.69) is 242 Å². The molecule has 0 spiro atoms. The maximum atomic E-state index is 2.51. The van der Waals surface area contributed by atoms with E-state index in [1.807, 2.05) is 0 Å². The van der Waals surface area contributed by atoms with Gasteiger partial charge in [0.1, 0.15) is 0 Å². The summed E-state index contributed by atoms with van der Waals surface area (Å²) in [5, 5.41) is 2.51. The van der Waals surface area contributed by atoms with Gasteiger partial charge in [0.05, 0.1) is 5.41 Å². The molecular formula is C60H45N. The highest BCUT2D eigenvalue weighted by Gasteiger charge is 2.61. The summed E-state index contributed by atoms with van der Waals surface area (Å²) >= 11 is 0. The zero-order chi connectivity index (χ0) is 40.4. The molecule has 0 N–H and O–H groups in total. The molecule has 0 radical (unpaired) electrons. The van der Waals surface area contributed by atoms with Gasteiger partial charge in [-0.15, -0.1) is 0 Å². The monoisotopic (exact) mass is 779 g/mol. The van der Waals surface area contributed by atoms with Gasteiger partial charge in [0.25, 0.3) is 0 Å². The van der Waals surface area contributed by atoms with Crippen LogP contribution in [-0.2, 0) is 10.8 Å². The zero-order valence-corrected chi connectivity index (χ0v) is 34.0. The lowest BCUT2D eigenvalue weighted by Crippen LogP contribution is -2.49. The molecule has 4 unspecified atom stereocenters. The van der Waals surface area contributed by atoms with Crippen LogP contribution in [0.15, 0.2) is 237 Å². The van der Waals surface area contributed by atoms with Crippen molar-refractivity contribution in [2.75, 3.05) is 4.90 Å². The highest BCUT2D eigenvalue weighted by atomic mass is 15.1. The zero-order valence-electron chi connectivity index (χ0n) is 34.0. The van der Waals surface area contributed by atoms with E-state index in [-0.39, 0.29) is 5.41 Å². The van der Waals surface area contributed by atoms with E-state index in [1.165, 1.54) is 66.4 Å². The Morgan fingerprint density at radius 2 is 1.07 bits per heavy atom. The quantitative estimate of drug-likeness (QED) is 0.156. The van der Waals surface area contributed by atoms with Crippen molar-refractivity contribution in [1.29, 1.82) is 0 Å². The molecule has 290 valence electrons. The third-order valence-electron chi connectivity index (χ3n) is 14.2. The number of hydrogen-bond acceptors (Lipinski definition) is 1. The molecule has 61 heavy (non-hydrogen) atoms. The minimum Gasteiger partial charge on any atom is -0.311 e. The normalized spacial score (nSPS) is 21.7. The third kappa shape index (κ3) is 5.26. The fourth-order valence-corrected chi connectivity index (χ4v) is 11.8. The molecule has 0 amide bonds. The van der Waals surface area contributed by atoms with Gasteiger partial charge in [-0.2, -0.15) is 0 Å². The second kappa shape index (κ2) is 14.2. The number of nitrogens with zero attached hydrogens (tertiary/aromatic N) is 1. The molecule has 0 bridgehead atoms. The molecule has 1 nitrogen and oxygen atoms in total. The molecule has 0 fully saturated rings. The molecule has 12 rings (SSSR count). The van der Waals surface area contributed by atoms with Crippen LogP contribution in [0.1, 0.15) is 51.8 Å². The Morgan fingerprint density at radius 3 is 1.84 bits per heavy atom. The molecule has 0 aromatic heterocycles. The summed E-state index contributed by atoms with van der Waals surface area (Å²) in [6.07, 6.45) is 18.6. The highest BCUT2D eigenvalue weighted by molar-refractivity contribution is 5.89. The Balaban J connectivity index is 1.04. The van der Waals surface area contributed by atoms with E-state index < -0.39 is 5.41 Å². The van der Waals surface area contributed by atoms with Crippen molar-refractivity contribution in [2.24, 2.45) is 11.8 Å². The molecule has 0 aliphatic heterocycles. The molecule has 4 aliphatic rings. The van der Waals surface area contributed by atoms with Crippen molar-refractivity contribution >= 4 is 33.4 Å². The smallest absolute Gasteiger partial charge is 0.0707 e. The van der Waals surface area contributed by atoms with Crippen LogP contribution >= 0.6 is 0 Å². The number of fused-ring (bicyclic) bond motifs is 6. The Morgan fingerprint density at radius 1 is 0.443 bits per heavy atom. The molecule has 0 heterocycles. The highest BCUT2D eigenvalue weighted by Crippen LogP contribution is 2.68. The molecule has 0 saturated carbocycles. The molecule has 8 aromatic rings. The maximum Gasteiger partial charge on any atom is 0.0707 e. The van der Waals surface area contributed by atoms with Gasteiger partial charge in [-0.1, -0.05) is 194 Å².